The van der Waals surface area contributed by atoms with Crippen molar-refractivity contribution in [3.05, 3.63) is 64.5 Å². The Morgan fingerprint density at radius 2 is 1.93 bits per heavy atom. The molecule has 0 saturated carbocycles. The van der Waals surface area contributed by atoms with E-state index in [1.54, 1.807) is 25.1 Å². The van der Waals surface area contributed by atoms with E-state index in [1.165, 1.54) is 23.0 Å². The summed E-state index contributed by atoms with van der Waals surface area (Å²) in [6.45, 7) is 5.87. The van der Waals surface area contributed by atoms with E-state index in [-0.39, 0.29) is 11.7 Å². The van der Waals surface area contributed by atoms with Gasteiger partial charge < -0.3 is 0 Å². The fraction of sp³-hybridized carbons (Fsp3) is 0.238. The van der Waals surface area contributed by atoms with E-state index in [0.717, 1.165) is 16.8 Å². The number of hydrogen-bond donors (Lipinski definition) is 2. The number of anilines is 2. The lowest BCUT2D eigenvalue weighted by Gasteiger charge is -2.08. The first-order valence-electron chi connectivity index (χ1n) is 9.22. The standard InChI is InChI=1S/C21H23N3O3S2/c1-4-10-29(26,27)24-17-7-5-6-16(12-17)20(25)23-21-22-19(13-28-21)18-9-8-14(2)11-15(18)3/h5-9,11-13,24H,4,10H2,1-3H3,(H,22,23,25). The maximum atomic E-state index is 12.6. The summed E-state index contributed by atoms with van der Waals surface area (Å²) < 4.78 is 26.4. The van der Waals surface area contributed by atoms with Crippen LogP contribution in [-0.2, 0) is 10.0 Å². The topological polar surface area (TPSA) is 88.2 Å². The van der Waals surface area contributed by atoms with Crippen molar-refractivity contribution >= 4 is 38.1 Å². The van der Waals surface area contributed by atoms with Crippen LogP contribution in [-0.4, -0.2) is 25.1 Å². The molecule has 3 rings (SSSR count). The number of aromatic nitrogens is 1. The smallest absolute Gasteiger partial charge is 0.257 e. The SMILES string of the molecule is CCCS(=O)(=O)Nc1cccc(C(=O)Nc2nc(-c3ccc(C)cc3C)cs2)c1. The summed E-state index contributed by atoms with van der Waals surface area (Å²) in [7, 11) is -3.41. The third-order valence-electron chi connectivity index (χ3n) is 4.25. The number of nitrogens with zero attached hydrogens (tertiary/aromatic N) is 1. The van der Waals surface area contributed by atoms with Gasteiger partial charge in [0, 0.05) is 22.2 Å². The normalized spacial score (nSPS) is 11.3. The third kappa shape index (κ3) is 5.42. The highest BCUT2D eigenvalue weighted by atomic mass is 32.2. The van der Waals surface area contributed by atoms with Gasteiger partial charge in [0.1, 0.15) is 0 Å². The molecule has 2 aromatic carbocycles. The predicted octanol–water partition coefficient (Wildman–Crippen LogP) is 4.83. The van der Waals surface area contributed by atoms with Crippen molar-refractivity contribution in [2.75, 3.05) is 15.8 Å². The number of carbonyl (C=O) groups is 1. The second-order valence-corrected chi connectivity index (χ2v) is 9.51. The number of benzene rings is 2. The number of thiazole rings is 1. The van der Waals surface area contributed by atoms with E-state index in [9.17, 15) is 13.2 Å². The van der Waals surface area contributed by atoms with Gasteiger partial charge >= 0.3 is 0 Å². The Labute approximate surface area is 175 Å². The molecule has 0 radical (unpaired) electrons. The molecule has 1 aromatic heterocycles. The Morgan fingerprint density at radius 3 is 2.66 bits per heavy atom. The zero-order chi connectivity index (χ0) is 21.0. The summed E-state index contributed by atoms with van der Waals surface area (Å²) in [6.07, 6.45) is 0.516. The minimum absolute atomic E-state index is 0.0315. The van der Waals surface area contributed by atoms with Gasteiger partial charge in [-0.2, -0.15) is 0 Å². The van der Waals surface area contributed by atoms with E-state index in [4.69, 9.17) is 0 Å². The molecule has 1 amide bonds. The zero-order valence-corrected chi connectivity index (χ0v) is 18.2. The highest BCUT2D eigenvalue weighted by Crippen LogP contribution is 2.28. The Bertz CT molecular complexity index is 1140. The summed E-state index contributed by atoms with van der Waals surface area (Å²) >= 11 is 1.35. The van der Waals surface area contributed by atoms with Gasteiger partial charge in [0.25, 0.3) is 5.91 Å². The number of rotatable bonds is 7. The Morgan fingerprint density at radius 1 is 1.14 bits per heavy atom. The summed E-state index contributed by atoms with van der Waals surface area (Å²) in [6, 6.07) is 12.6. The number of nitrogens with one attached hydrogen (secondary N) is 2. The van der Waals surface area contributed by atoms with Crippen molar-refractivity contribution in [3.63, 3.8) is 0 Å². The average molecular weight is 430 g/mol. The largest absolute Gasteiger partial charge is 0.298 e. The monoisotopic (exact) mass is 429 g/mol. The Hall–Kier alpha value is -2.71. The molecule has 0 saturated heterocycles. The van der Waals surface area contributed by atoms with Crippen molar-refractivity contribution in [3.8, 4) is 11.3 Å². The lowest BCUT2D eigenvalue weighted by molar-refractivity contribution is 0.102. The molecule has 0 bridgehead atoms. The van der Waals surface area contributed by atoms with E-state index in [0.29, 0.717) is 22.8 Å². The van der Waals surface area contributed by atoms with Gasteiger partial charge in [-0.05, 0) is 44.0 Å². The van der Waals surface area contributed by atoms with Crippen LogP contribution in [0.4, 0.5) is 10.8 Å². The van der Waals surface area contributed by atoms with Crippen molar-refractivity contribution in [1.82, 2.24) is 4.98 Å². The molecule has 0 aliphatic carbocycles. The Kier molecular flexibility index (Phi) is 6.34. The van der Waals surface area contributed by atoms with Crippen molar-refractivity contribution < 1.29 is 13.2 Å². The van der Waals surface area contributed by atoms with Crippen molar-refractivity contribution in [2.45, 2.75) is 27.2 Å². The van der Waals surface area contributed by atoms with Gasteiger partial charge in [0.2, 0.25) is 10.0 Å². The van der Waals surface area contributed by atoms with Gasteiger partial charge in [-0.1, -0.05) is 36.8 Å². The highest BCUT2D eigenvalue weighted by Gasteiger charge is 2.13. The molecule has 29 heavy (non-hydrogen) atoms. The van der Waals surface area contributed by atoms with Crippen LogP contribution in [0.25, 0.3) is 11.3 Å². The van der Waals surface area contributed by atoms with Crippen molar-refractivity contribution in [2.24, 2.45) is 0 Å². The summed E-state index contributed by atoms with van der Waals surface area (Å²) in [5.74, 6) is -0.313. The first kappa shape index (κ1) is 21.0. The van der Waals surface area contributed by atoms with Gasteiger partial charge in [-0.15, -0.1) is 11.3 Å². The van der Waals surface area contributed by atoms with E-state index in [2.05, 4.69) is 21.1 Å². The molecule has 152 valence electrons. The fourth-order valence-electron chi connectivity index (χ4n) is 2.95. The number of aryl methyl sites for hydroxylation is 2. The second kappa shape index (κ2) is 8.75. The molecular weight excluding hydrogens is 406 g/mol. The number of amides is 1. The van der Waals surface area contributed by atoms with Crippen molar-refractivity contribution in [1.29, 1.82) is 0 Å². The molecule has 0 aliphatic heterocycles. The molecule has 0 atom stereocenters. The van der Waals surface area contributed by atoms with Gasteiger partial charge in [0.15, 0.2) is 5.13 Å². The van der Waals surface area contributed by atoms with Crippen LogP contribution in [0, 0.1) is 13.8 Å². The second-order valence-electron chi connectivity index (χ2n) is 6.81. The van der Waals surface area contributed by atoms with Crippen LogP contribution in [0.2, 0.25) is 0 Å². The highest BCUT2D eigenvalue weighted by molar-refractivity contribution is 7.92. The molecule has 0 fully saturated rings. The number of hydrogen-bond acceptors (Lipinski definition) is 5. The molecule has 2 N–H and O–H groups in total. The Balaban J connectivity index is 1.74. The average Bonchev–Trinajstić information content (AvgIpc) is 3.09. The summed E-state index contributed by atoms with van der Waals surface area (Å²) in [5, 5.41) is 5.18. The van der Waals surface area contributed by atoms with E-state index >= 15 is 0 Å². The molecule has 0 aliphatic rings. The predicted molar refractivity (Wildman–Crippen MR) is 119 cm³/mol. The van der Waals surface area contributed by atoms with Crippen LogP contribution in [0.3, 0.4) is 0 Å². The number of sulfonamides is 1. The first-order valence-corrected chi connectivity index (χ1v) is 11.8. The van der Waals surface area contributed by atoms with Gasteiger partial charge in [0.05, 0.1) is 11.4 Å². The summed E-state index contributed by atoms with van der Waals surface area (Å²) in [5.41, 5.74) is 4.86. The third-order valence-corrected chi connectivity index (χ3v) is 6.50. The molecule has 8 heteroatoms. The lowest BCUT2D eigenvalue weighted by atomic mass is 10.0. The molecule has 1 heterocycles. The van der Waals surface area contributed by atoms with Gasteiger partial charge in [-0.25, -0.2) is 13.4 Å². The molecule has 0 spiro atoms. The minimum atomic E-state index is -3.41. The van der Waals surface area contributed by atoms with E-state index in [1.807, 2.05) is 31.4 Å². The molecule has 3 aromatic rings. The van der Waals surface area contributed by atoms with Crippen LogP contribution in [0.1, 0.15) is 34.8 Å². The van der Waals surface area contributed by atoms with Crippen LogP contribution >= 0.6 is 11.3 Å². The van der Waals surface area contributed by atoms with Crippen LogP contribution in [0.15, 0.2) is 47.8 Å². The van der Waals surface area contributed by atoms with E-state index < -0.39 is 10.0 Å². The molecule has 6 nitrogen and oxygen atoms in total. The summed E-state index contributed by atoms with van der Waals surface area (Å²) in [4.78, 5) is 17.1. The van der Waals surface area contributed by atoms with Crippen LogP contribution in [0.5, 0.6) is 0 Å². The number of carbonyl (C=O) groups excluding carboxylic acids is 1. The molecular formula is C21H23N3O3S2. The maximum Gasteiger partial charge on any atom is 0.257 e. The minimum Gasteiger partial charge on any atom is -0.298 e. The quantitative estimate of drug-likeness (QED) is 0.563. The van der Waals surface area contributed by atoms with Gasteiger partial charge in [-0.3, -0.25) is 14.8 Å². The zero-order valence-electron chi connectivity index (χ0n) is 16.5. The first-order chi connectivity index (χ1) is 13.8. The maximum absolute atomic E-state index is 12.6. The fourth-order valence-corrected chi connectivity index (χ4v) is 4.78. The molecule has 0 unspecified atom stereocenters. The lowest BCUT2D eigenvalue weighted by Crippen LogP contribution is -2.17. The van der Waals surface area contributed by atoms with Crippen LogP contribution < -0.4 is 10.0 Å².